The quantitative estimate of drug-likeness (QED) is 0.852. The lowest BCUT2D eigenvalue weighted by Gasteiger charge is -2.16. The maximum atomic E-state index is 11.3. The highest BCUT2D eigenvalue weighted by Gasteiger charge is 2.32. The van der Waals surface area contributed by atoms with E-state index in [9.17, 15) is 9.90 Å². The highest BCUT2D eigenvalue weighted by molar-refractivity contribution is 5.68. The number of hydrogen-bond donors (Lipinski definition) is 2. The first-order chi connectivity index (χ1) is 8.65. The molecule has 0 saturated heterocycles. The fourth-order valence-corrected chi connectivity index (χ4v) is 2.19. The van der Waals surface area contributed by atoms with Crippen LogP contribution in [0.3, 0.4) is 0 Å². The van der Waals surface area contributed by atoms with Gasteiger partial charge in [-0.15, -0.1) is 0 Å². The van der Waals surface area contributed by atoms with Gasteiger partial charge in [-0.25, -0.2) is 4.79 Å². The van der Waals surface area contributed by atoms with E-state index in [1.54, 1.807) is 20.1 Å². The predicted octanol–water partition coefficient (Wildman–Crippen LogP) is 1.40. The molecule has 98 valence electrons. The molecule has 0 saturated carbocycles. The van der Waals surface area contributed by atoms with Crippen LogP contribution in [0.2, 0.25) is 0 Å². The molecular weight excluding hydrogens is 234 g/mol. The Balaban J connectivity index is 2.09. The van der Waals surface area contributed by atoms with Crippen molar-refractivity contribution in [2.24, 2.45) is 0 Å². The number of aliphatic hydroxyl groups is 1. The van der Waals surface area contributed by atoms with Crippen LogP contribution in [0, 0.1) is 0 Å². The molecule has 0 fully saturated rings. The van der Waals surface area contributed by atoms with E-state index in [1.165, 1.54) is 0 Å². The molecule has 2 rings (SSSR count). The van der Waals surface area contributed by atoms with Gasteiger partial charge in [0.25, 0.3) is 0 Å². The standard InChI is InChI=1S/C13H17NO4/c1-3-18-13(16)14-11-7-8-6-9(17-2)4-5-10(8)12(11)15/h4-6,11-12,15H,3,7H2,1-2H3,(H,14,16). The highest BCUT2D eigenvalue weighted by Crippen LogP contribution is 2.33. The minimum atomic E-state index is -0.699. The summed E-state index contributed by atoms with van der Waals surface area (Å²) in [4.78, 5) is 11.3. The average Bonchev–Trinajstić information content (AvgIpc) is 2.66. The number of methoxy groups -OCH3 is 1. The Kier molecular flexibility index (Phi) is 3.72. The smallest absolute Gasteiger partial charge is 0.407 e. The summed E-state index contributed by atoms with van der Waals surface area (Å²) in [6, 6.07) is 5.16. The van der Waals surface area contributed by atoms with Crippen molar-refractivity contribution in [2.45, 2.75) is 25.5 Å². The first kappa shape index (κ1) is 12.7. The predicted molar refractivity (Wildman–Crippen MR) is 65.6 cm³/mol. The van der Waals surface area contributed by atoms with Gasteiger partial charge in [0.05, 0.1) is 25.9 Å². The maximum absolute atomic E-state index is 11.3. The maximum Gasteiger partial charge on any atom is 0.407 e. The lowest BCUT2D eigenvalue weighted by Crippen LogP contribution is -2.38. The van der Waals surface area contributed by atoms with E-state index in [-0.39, 0.29) is 6.04 Å². The molecule has 1 aliphatic carbocycles. The minimum absolute atomic E-state index is 0.315. The lowest BCUT2D eigenvalue weighted by atomic mass is 10.1. The molecule has 5 nitrogen and oxygen atoms in total. The first-order valence-corrected chi connectivity index (χ1v) is 5.94. The third kappa shape index (κ3) is 2.41. The third-order valence-electron chi connectivity index (χ3n) is 3.07. The molecule has 0 aliphatic heterocycles. The van der Waals surface area contributed by atoms with Crippen LogP contribution >= 0.6 is 0 Å². The average molecular weight is 251 g/mol. The van der Waals surface area contributed by atoms with Gasteiger partial charge < -0.3 is 19.9 Å². The Labute approximate surface area is 106 Å². The normalized spacial score (nSPS) is 21.3. The van der Waals surface area contributed by atoms with E-state index in [2.05, 4.69) is 5.32 Å². The lowest BCUT2D eigenvalue weighted by molar-refractivity contribution is 0.115. The monoisotopic (exact) mass is 251 g/mol. The summed E-state index contributed by atoms with van der Waals surface area (Å²) in [5, 5.41) is 12.8. The number of fused-ring (bicyclic) bond motifs is 1. The van der Waals surface area contributed by atoms with Crippen LogP contribution in [0.25, 0.3) is 0 Å². The first-order valence-electron chi connectivity index (χ1n) is 5.94. The van der Waals surface area contributed by atoms with E-state index in [4.69, 9.17) is 9.47 Å². The zero-order valence-electron chi connectivity index (χ0n) is 10.5. The van der Waals surface area contributed by atoms with Crippen molar-refractivity contribution in [2.75, 3.05) is 13.7 Å². The van der Waals surface area contributed by atoms with Crippen molar-refractivity contribution < 1.29 is 19.4 Å². The van der Waals surface area contributed by atoms with Crippen LogP contribution < -0.4 is 10.1 Å². The van der Waals surface area contributed by atoms with Crippen LogP contribution in [0.1, 0.15) is 24.2 Å². The molecule has 1 aromatic carbocycles. The van der Waals surface area contributed by atoms with E-state index in [0.717, 1.165) is 16.9 Å². The number of carbonyl (C=O) groups is 1. The fraction of sp³-hybridized carbons (Fsp3) is 0.462. The van der Waals surface area contributed by atoms with Gasteiger partial charge in [-0.3, -0.25) is 0 Å². The second kappa shape index (κ2) is 5.27. The zero-order valence-corrected chi connectivity index (χ0v) is 10.5. The number of carbonyl (C=O) groups excluding carboxylic acids is 1. The van der Waals surface area contributed by atoms with E-state index in [1.807, 2.05) is 12.1 Å². The summed E-state index contributed by atoms with van der Waals surface area (Å²) in [6.45, 7) is 2.06. The Hall–Kier alpha value is -1.75. The van der Waals surface area contributed by atoms with Gasteiger partial charge in [0.2, 0.25) is 0 Å². The SMILES string of the molecule is CCOC(=O)NC1Cc2cc(OC)ccc2C1O. The molecule has 1 aromatic rings. The van der Waals surface area contributed by atoms with E-state index in [0.29, 0.717) is 13.0 Å². The molecule has 2 atom stereocenters. The number of nitrogens with one attached hydrogen (secondary N) is 1. The molecule has 0 bridgehead atoms. The topological polar surface area (TPSA) is 67.8 Å². The number of amides is 1. The van der Waals surface area contributed by atoms with Gasteiger partial charge in [0.1, 0.15) is 5.75 Å². The van der Waals surface area contributed by atoms with Crippen molar-refractivity contribution in [3.8, 4) is 5.75 Å². The van der Waals surface area contributed by atoms with Crippen LogP contribution in [-0.2, 0) is 11.2 Å². The molecule has 0 heterocycles. The number of alkyl carbamates (subject to hydrolysis) is 1. The Morgan fingerprint density at radius 2 is 2.33 bits per heavy atom. The number of ether oxygens (including phenoxy) is 2. The molecule has 18 heavy (non-hydrogen) atoms. The van der Waals surface area contributed by atoms with Crippen molar-refractivity contribution in [3.05, 3.63) is 29.3 Å². The second-order valence-corrected chi connectivity index (χ2v) is 4.19. The number of aliphatic hydroxyl groups excluding tert-OH is 1. The van der Waals surface area contributed by atoms with Gasteiger partial charge in [-0.1, -0.05) is 6.07 Å². The van der Waals surface area contributed by atoms with E-state index < -0.39 is 12.2 Å². The van der Waals surface area contributed by atoms with Gasteiger partial charge in [0.15, 0.2) is 0 Å². The van der Waals surface area contributed by atoms with Crippen LogP contribution in [0.5, 0.6) is 5.75 Å². The highest BCUT2D eigenvalue weighted by atomic mass is 16.5. The molecule has 0 radical (unpaired) electrons. The van der Waals surface area contributed by atoms with Crippen LogP contribution in [0.15, 0.2) is 18.2 Å². The summed E-state index contributed by atoms with van der Waals surface area (Å²) in [7, 11) is 1.60. The van der Waals surface area contributed by atoms with E-state index >= 15 is 0 Å². The molecule has 5 heteroatoms. The Morgan fingerprint density at radius 1 is 1.56 bits per heavy atom. The van der Waals surface area contributed by atoms with Crippen LogP contribution in [-0.4, -0.2) is 31.0 Å². The summed E-state index contributed by atoms with van der Waals surface area (Å²) in [5.41, 5.74) is 1.82. The van der Waals surface area contributed by atoms with Crippen molar-refractivity contribution >= 4 is 6.09 Å². The summed E-state index contributed by atoms with van der Waals surface area (Å²) in [6.07, 6.45) is -0.622. The Morgan fingerprint density at radius 3 is 3.00 bits per heavy atom. The molecular formula is C13H17NO4. The fourth-order valence-electron chi connectivity index (χ4n) is 2.19. The Bertz CT molecular complexity index is 447. The molecule has 0 spiro atoms. The summed E-state index contributed by atoms with van der Waals surface area (Å²) < 4.78 is 9.95. The second-order valence-electron chi connectivity index (χ2n) is 4.19. The summed E-state index contributed by atoms with van der Waals surface area (Å²) in [5.74, 6) is 0.748. The van der Waals surface area contributed by atoms with Gasteiger partial charge in [0, 0.05) is 0 Å². The molecule has 0 aromatic heterocycles. The largest absolute Gasteiger partial charge is 0.497 e. The zero-order chi connectivity index (χ0) is 13.1. The number of hydrogen-bond acceptors (Lipinski definition) is 4. The molecule has 1 aliphatic rings. The molecule has 2 N–H and O–H groups in total. The van der Waals surface area contributed by atoms with Crippen LogP contribution in [0.4, 0.5) is 4.79 Å². The third-order valence-corrected chi connectivity index (χ3v) is 3.07. The molecule has 1 amide bonds. The van der Waals surface area contributed by atoms with Crippen molar-refractivity contribution in [1.82, 2.24) is 5.32 Å². The van der Waals surface area contributed by atoms with Crippen molar-refractivity contribution in [3.63, 3.8) is 0 Å². The van der Waals surface area contributed by atoms with Crippen molar-refractivity contribution in [1.29, 1.82) is 0 Å². The summed E-state index contributed by atoms with van der Waals surface area (Å²) >= 11 is 0. The van der Waals surface area contributed by atoms with Gasteiger partial charge in [-0.05, 0) is 36.6 Å². The minimum Gasteiger partial charge on any atom is -0.497 e. The van der Waals surface area contributed by atoms with Gasteiger partial charge >= 0.3 is 6.09 Å². The number of benzene rings is 1. The molecule has 2 unspecified atom stereocenters. The number of rotatable bonds is 3. The van der Waals surface area contributed by atoms with Gasteiger partial charge in [-0.2, -0.15) is 0 Å².